The molecule has 1 fully saturated rings. The quantitative estimate of drug-likeness (QED) is 0.622. The summed E-state index contributed by atoms with van der Waals surface area (Å²) in [4.78, 5) is 2.23. The Hall–Kier alpha value is -1.03. The summed E-state index contributed by atoms with van der Waals surface area (Å²) in [5, 5.41) is 3.83. The molecule has 66 valence electrons. The first kappa shape index (κ1) is 7.61. The average Bonchev–Trinajstić information content (AvgIpc) is 2.53. The number of morpholine rings is 1. The van der Waals surface area contributed by atoms with Gasteiger partial charge in [-0.2, -0.15) is 0 Å². The van der Waals surface area contributed by atoms with Gasteiger partial charge in [0.1, 0.15) is 17.6 Å². The van der Waals surface area contributed by atoms with Crippen LogP contribution in [0.2, 0.25) is 0 Å². The van der Waals surface area contributed by atoms with E-state index in [4.69, 9.17) is 9.26 Å². The van der Waals surface area contributed by atoms with E-state index in [0.717, 1.165) is 37.7 Å². The van der Waals surface area contributed by atoms with E-state index >= 15 is 0 Å². The van der Waals surface area contributed by atoms with Crippen LogP contribution in [0.3, 0.4) is 0 Å². The van der Waals surface area contributed by atoms with E-state index in [1.807, 2.05) is 6.92 Å². The lowest BCUT2D eigenvalue weighted by molar-refractivity contribution is 0.122. The van der Waals surface area contributed by atoms with Crippen LogP contribution in [0.5, 0.6) is 0 Å². The molecule has 0 radical (unpaired) electrons. The third kappa shape index (κ3) is 1.30. The van der Waals surface area contributed by atoms with Gasteiger partial charge in [-0.25, -0.2) is 0 Å². The highest BCUT2D eigenvalue weighted by Gasteiger charge is 2.14. The fourth-order valence-electron chi connectivity index (χ4n) is 1.39. The first-order valence-corrected chi connectivity index (χ1v) is 4.11. The zero-order chi connectivity index (χ0) is 8.39. The second-order valence-corrected chi connectivity index (χ2v) is 2.88. The number of hydrogen-bond acceptors (Lipinski definition) is 4. The van der Waals surface area contributed by atoms with Crippen LogP contribution in [-0.2, 0) is 4.74 Å². The lowest BCUT2D eigenvalue weighted by Crippen LogP contribution is -2.36. The number of aromatic nitrogens is 1. The van der Waals surface area contributed by atoms with Gasteiger partial charge in [0, 0.05) is 13.1 Å². The lowest BCUT2D eigenvalue weighted by Gasteiger charge is -2.27. The number of hydrogen-bond donors (Lipinski definition) is 0. The van der Waals surface area contributed by atoms with Crippen molar-refractivity contribution in [2.75, 3.05) is 31.2 Å². The first-order valence-electron chi connectivity index (χ1n) is 4.11. The monoisotopic (exact) mass is 168 g/mol. The zero-order valence-electron chi connectivity index (χ0n) is 7.12. The van der Waals surface area contributed by atoms with Gasteiger partial charge in [-0.05, 0) is 6.92 Å². The highest BCUT2D eigenvalue weighted by molar-refractivity contribution is 5.47. The fourth-order valence-corrected chi connectivity index (χ4v) is 1.39. The van der Waals surface area contributed by atoms with Crippen molar-refractivity contribution < 1.29 is 9.26 Å². The molecule has 0 amide bonds. The maximum atomic E-state index is 5.24. The van der Waals surface area contributed by atoms with Gasteiger partial charge < -0.3 is 14.2 Å². The van der Waals surface area contributed by atoms with Crippen LogP contribution < -0.4 is 4.90 Å². The lowest BCUT2D eigenvalue weighted by atomic mass is 10.3. The molecule has 1 aromatic rings. The molecule has 0 aliphatic carbocycles. The summed E-state index contributed by atoms with van der Waals surface area (Å²) in [7, 11) is 0. The number of nitrogens with zero attached hydrogens (tertiary/aromatic N) is 2. The van der Waals surface area contributed by atoms with Crippen molar-refractivity contribution in [3.05, 3.63) is 12.0 Å². The number of aryl methyl sites for hydroxylation is 1. The van der Waals surface area contributed by atoms with Crippen LogP contribution in [0.25, 0.3) is 0 Å². The Morgan fingerprint density at radius 1 is 1.42 bits per heavy atom. The van der Waals surface area contributed by atoms with Crippen LogP contribution in [0, 0.1) is 6.92 Å². The molecule has 1 aromatic heterocycles. The summed E-state index contributed by atoms with van der Waals surface area (Å²) in [6.45, 7) is 5.41. The summed E-state index contributed by atoms with van der Waals surface area (Å²) in [6.07, 6.45) is 1.70. The fraction of sp³-hybridized carbons (Fsp3) is 0.625. The molecule has 2 heterocycles. The SMILES string of the molecule is Cc1nocc1N1CCOCC1. The normalized spacial score (nSPS) is 18.2. The standard InChI is InChI=1S/C8H12N2O2/c1-7-8(6-12-9-7)10-2-4-11-5-3-10/h6H,2-5H2,1H3. The molecule has 0 atom stereocenters. The summed E-state index contributed by atoms with van der Waals surface area (Å²) in [6, 6.07) is 0. The van der Waals surface area contributed by atoms with Crippen LogP contribution in [0.1, 0.15) is 5.69 Å². The molecule has 12 heavy (non-hydrogen) atoms. The van der Waals surface area contributed by atoms with Gasteiger partial charge in [0.05, 0.1) is 13.2 Å². The van der Waals surface area contributed by atoms with Crippen LogP contribution >= 0.6 is 0 Å². The molecule has 0 unspecified atom stereocenters. The molecular weight excluding hydrogens is 156 g/mol. The third-order valence-electron chi connectivity index (χ3n) is 2.08. The maximum absolute atomic E-state index is 5.24. The molecule has 0 saturated carbocycles. The molecule has 2 rings (SSSR count). The highest BCUT2D eigenvalue weighted by Crippen LogP contribution is 2.18. The van der Waals surface area contributed by atoms with Gasteiger partial charge in [-0.3, -0.25) is 0 Å². The van der Waals surface area contributed by atoms with Crippen molar-refractivity contribution in [2.24, 2.45) is 0 Å². The average molecular weight is 168 g/mol. The minimum atomic E-state index is 0.796. The summed E-state index contributed by atoms with van der Waals surface area (Å²) < 4.78 is 10.1. The largest absolute Gasteiger partial charge is 0.378 e. The van der Waals surface area contributed by atoms with Crippen molar-refractivity contribution in [1.29, 1.82) is 0 Å². The summed E-state index contributed by atoms with van der Waals surface area (Å²) >= 11 is 0. The Morgan fingerprint density at radius 3 is 2.75 bits per heavy atom. The van der Waals surface area contributed by atoms with Gasteiger partial charge in [0.15, 0.2) is 0 Å². The minimum absolute atomic E-state index is 0.796. The Bertz CT molecular complexity index is 253. The number of anilines is 1. The highest BCUT2D eigenvalue weighted by atomic mass is 16.5. The van der Waals surface area contributed by atoms with Gasteiger partial charge >= 0.3 is 0 Å². The van der Waals surface area contributed by atoms with E-state index in [2.05, 4.69) is 10.1 Å². The van der Waals surface area contributed by atoms with E-state index < -0.39 is 0 Å². The Kier molecular flexibility index (Phi) is 1.99. The van der Waals surface area contributed by atoms with E-state index in [0.29, 0.717) is 0 Å². The van der Waals surface area contributed by atoms with Gasteiger partial charge in [-0.1, -0.05) is 5.16 Å². The first-order chi connectivity index (χ1) is 5.88. The van der Waals surface area contributed by atoms with E-state index in [9.17, 15) is 0 Å². The Balaban J connectivity index is 2.13. The van der Waals surface area contributed by atoms with E-state index in [1.54, 1.807) is 6.26 Å². The predicted octanol–water partition coefficient (Wildman–Crippen LogP) is 0.820. The Labute approximate surface area is 71.1 Å². The minimum Gasteiger partial charge on any atom is -0.378 e. The van der Waals surface area contributed by atoms with Gasteiger partial charge in [0.25, 0.3) is 0 Å². The Morgan fingerprint density at radius 2 is 2.17 bits per heavy atom. The molecule has 1 aliphatic rings. The smallest absolute Gasteiger partial charge is 0.147 e. The van der Waals surface area contributed by atoms with Crippen molar-refractivity contribution >= 4 is 5.69 Å². The topological polar surface area (TPSA) is 38.5 Å². The van der Waals surface area contributed by atoms with Crippen molar-refractivity contribution in [3.8, 4) is 0 Å². The molecular formula is C8H12N2O2. The van der Waals surface area contributed by atoms with Crippen molar-refractivity contribution in [2.45, 2.75) is 6.92 Å². The molecule has 0 spiro atoms. The van der Waals surface area contributed by atoms with Crippen LogP contribution in [-0.4, -0.2) is 31.5 Å². The summed E-state index contributed by atoms with van der Waals surface area (Å²) in [5.74, 6) is 0. The van der Waals surface area contributed by atoms with E-state index in [1.165, 1.54) is 0 Å². The molecule has 1 saturated heterocycles. The zero-order valence-corrected chi connectivity index (χ0v) is 7.12. The number of rotatable bonds is 1. The maximum Gasteiger partial charge on any atom is 0.147 e. The van der Waals surface area contributed by atoms with Crippen LogP contribution in [0.4, 0.5) is 5.69 Å². The molecule has 4 nitrogen and oxygen atoms in total. The van der Waals surface area contributed by atoms with Crippen molar-refractivity contribution in [1.82, 2.24) is 5.16 Å². The molecule has 0 N–H and O–H groups in total. The molecule has 1 aliphatic heterocycles. The second kappa shape index (κ2) is 3.15. The van der Waals surface area contributed by atoms with Gasteiger partial charge in [0.2, 0.25) is 0 Å². The third-order valence-corrected chi connectivity index (χ3v) is 2.08. The van der Waals surface area contributed by atoms with E-state index in [-0.39, 0.29) is 0 Å². The van der Waals surface area contributed by atoms with Gasteiger partial charge in [-0.15, -0.1) is 0 Å². The predicted molar refractivity (Wildman–Crippen MR) is 44.3 cm³/mol. The number of ether oxygens (including phenoxy) is 1. The molecule has 4 heteroatoms. The molecule has 0 bridgehead atoms. The second-order valence-electron chi connectivity index (χ2n) is 2.88. The van der Waals surface area contributed by atoms with Crippen molar-refractivity contribution in [3.63, 3.8) is 0 Å². The summed E-state index contributed by atoms with van der Waals surface area (Å²) in [5.41, 5.74) is 2.05. The molecule has 0 aromatic carbocycles. The van der Waals surface area contributed by atoms with Crippen LogP contribution in [0.15, 0.2) is 10.8 Å².